The number of carbonyl (C=O) groups is 2. The molecule has 0 aliphatic carbocycles. The minimum absolute atomic E-state index is 0.0492. The predicted molar refractivity (Wildman–Crippen MR) is 55.1 cm³/mol. The molecule has 0 saturated carbocycles. The second-order valence-corrected chi connectivity index (χ2v) is 3.92. The zero-order chi connectivity index (χ0) is 11.7. The summed E-state index contributed by atoms with van der Waals surface area (Å²) in [5.41, 5.74) is 0.182. The molecule has 1 aromatic rings. The lowest BCUT2D eigenvalue weighted by atomic mass is 10.3. The highest BCUT2D eigenvalue weighted by Gasteiger charge is 2.26. The molecule has 6 heteroatoms. The molecule has 1 fully saturated rings. The summed E-state index contributed by atoms with van der Waals surface area (Å²) in [6, 6.07) is 0.0944. The van der Waals surface area contributed by atoms with Crippen LogP contribution < -0.4 is 0 Å². The number of aromatic nitrogens is 2. The zero-order valence-electron chi connectivity index (χ0n) is 8.96. The number of carboxylic acid groups (broad SMARTS) is 1. The summed E-state index contributed by atoms with van der Waals surface area (Å²) in [6.07, 6.45) is 3.66. The largest absolute Gasteiger partial charge is 0.478 e. The van der Waals surface area contributed by atoms with Crippen molar-refractivity contribution in [1.29, 1.82) is 0 Å². The van der Waals surface area contributed by atoms with Crippen LogP contribution >= 0.6 is 0 Å². The molecule has 16 heavy (non-hydrogen) atoms. The molecule has 1 aliphatic heterocycles. The number of amides is 1. The Balaban J connectivity index is 2.08. The molecule has 2 rings (SSSR count). The quantitative estimate of drug-likeness (QED) is 0.786. The summed E-state index contributed by atoms with van der Waals surface area (Å²) in [7, 11) is 0. The Labute approximate surface area is 92.5 Å². The van der Waals surface area contributed by atoms with Gasteiger partial charge in [-0.1, -0.05) is 0 Å². The zero-order valence-corrected chi connectivity index (χ0v) is 8.96. The second-order valence-electron chi connectivity index (χ2n) is 3.92. The molecule has 1 aliphatic rings. The van der Waals surface area contributed by atoms with Gasteiger partial charge in [0.1, 0.15) is 0 Å². The average molecular weight is 223 g/mol. The van der Waals surface area contributed by atoms with Gasteiger partial charge in [-0.25, -0.2) is 4.79 Å². The third-order valence-corrected chi connectivity index (χ3v) is 2.83. The Morgan fingerprint density at radius 1 is 1.56 bits per heavy atom. The van der Waals surface area contributed by atoms with Crippen LogP contribution in [0.5, 0.6) is 0 Å². The fourth-order valence-corrected chi connectivity index (χ4v) is 1.89. The van der Waals surface area contributed by atoms with E-state index in [1.54, 1.807) is 9.58 Å². The van der Waals surface area contributed by atoms with Gasteiger partial charge >= 0.3 is 5.97 Å². The smallest absolute Gasteiger partial charge is 0.338 e. The first-order valence-electron chi connectivity index (χ1n) is 5.11. The van der Waals surface area contributed by atoms with E-state index >= 15 is 0 Å². The van der Waals surface area contributed by atoms with Gasteiger partial charge in [-0.05, 0) is 6.42 Å². The van der Waals surface area contributed by atoms with Crippen LogP contribution in [0.3, 0.4) is 0 Å². The van der Waals surface area contributed by atoms with Gasteiger partial charge in [-0.3, -0.25) is 9.48 Å². The van der Waals surface area contributed by atoms with Gasteiger partial charge in [0.25, 0.3) is 0 Å². The molecule has 1 saturated heterocycles. The lowest BCUT2D eigenvalue weighted by molar-refractivity contribution is -0.127. The molecular formula is C10H13N3O3. The van der Waals surface area contributed by atoms with E-state index in [1.165, 1.54) is 19.3 Å². The molecule has 0 unspecified atom stereocenters. The Morgan fingerprint density at radius 3 is 2.81 bits per heavy atom. The highest BCUT2D eigenvalue weighted by molar-refractivity contribution is 5.86. The molecule has 1 aromatic heterocycles. The van der Waals surface area contributed by atoms with E-state index < -0.39 is 5.97 Å². The average Bonchev–Trinajstić information content (AvgIpc) is 2.86. The first-order valence-corrected chi connectivity index (χ1v) is 5.11. The van der Waals surface area contributed by atoms with Crippen molar-refractivity contribution in [2.24, 2.45) is 0 Å². The van der Waals surface area contributed by atoms with E-state index in [0.717, 1.165) is 6.42 Å². The van der Waals surface area contributed by atoms with Gasteiger partial charge in [0.2, 0.25) is 5.91 Å². The minimum Gasteiger partial charge on any atom is -0.478 e. The molecule has 0 bridgehead atoms. The van der Waals surface area contributed by atoms with Crippen LogP contribution in [0.2, 0.25) is 0 Å². The molecule has 1 atom stereocenters. The number of rotatable bonds is 2. The van der Waals surface area contributed by atoms with E-state index in [2.05, 4.69) is 5.10 Å². The standard InChI is InChI=1S/C10H13N3O3/c1-7(14)12-3-2-9(6-12)13-5-8(4-11-13)10(15)16/h4-5,9H,2-3,6H2,1H3,(H,15,16)/t9-/m0/s1. The van der Waals surface area contributed by atoms with Crippen LogP contribution in [0.4, 0.5) is 0 Å². The Kier molecular flexibility index (Phi) is 2.64. The molecule has 0 spiro atoms. The molecule has 6 nitrogen and oxygen atoms in total. The fraction of sp³-hybridized carbons (Fsp3) is 0.500. The number of aromatic carboxylic acids is 1. The van der Waals surface area contributed by atoms with Crippen molar-refractivity contribution in [2.75, 3.05) is 13.1 Å². The summed E-state index contributed by atoms with van der Waals surface area (Å²) in [5, 5.41) is 12.8. The lowest BCUT2D eigenvalue weighted by Gasteiger charge is -2.13. The SMILES string of the molecule is CC(=O)N1CC[C@H](n2cc(C(=O)O)cn2)C1. The second kappa shape index (κ2) is 3.96. The third-order valence-electron chi connectivity index (χ3n) is 2.83. The normalized spacial score (nSPS) is 20.1. The van der Waals surface area contributed by atoms with Gasteiger partial charge in [0, 0.05) is 26.2 Å². The Morgan fingerprint density at radius 2 is 2.31 bits per heavy atom. The van der Waals surface area contributed by atoms with Gasteiger partial charge in [0.05, 0.1) is 17.8 Å². The fourth-order valence-electron chi connectivity index (χ4n) is 1.89. The number of carboxylic acids is 1. The molecule has 1 amide bonds. The van der Waals surface area contributed by atoms with E-state index in [-0.39, 0.29) is 17.5 Å². The summed E-state index contributed by atoms with van der Waals surface area (Å²) >= 11 is 0. The lowest BCUT2D eigenvalue weighted by Crippen LogP contribution is -2.26. The summed E-state index contributed by atoms with van der Waals surface area (Å²) < 4.78 is 1.63. The predicted octanol–water partition coefficient (Wildman–Crippen LogP) is 0.375. The van der Waals surface area contributed by atoms with Crippen molar-refractivity contribution in [3.63, 3.8) is 0 Å². The summed E-state index contributed by atoms with van der Waals surface area (Å²) in [6.45, 7) is 2.85. The minimum atomic E-state index is -0.979. The third kappa shape index (κ3) is 1.91. The van der Waals surface area contributed by atoms with Crippen molar-refractivity contribution in [2.45, 2.75) is 19.4 Å². The maximum atomic E-state index is 11.1. The van der Waals surface area contributed by atoms with E-state index in [0.29, 0.717) is 13.1 Å². The molecule has 0 aromatic carbocycles. The molecule has 2 heterocycles. The first-order chi connectivity index (χ1) is 7.58. The summed E-state index contributed by atoms with van der Waals surface area (Å²) in [5.74, 6) is -0.930. The monoisotopic (exact) mass is 223 g/mol. The maximum absolute atomic E-state index is 11.1. The van der Waals surface area contributed by atoms with Crippen LogP contribution in [0, 0.1) is 0 Å². The van der Waals surface area contributed by atoms with Gasteiger partial charge in [-0.15, -0.1) is 0 Å². The molecule has 86 valence electrons. The van der Waals surface area contributed by atoms with Crippen molar-refractivity contribution in [3.05, 3.63) is 18.0 Å². The van der Waals surface area contributed by atoms with Gasteiger partial charge in [0.15, 0.2) is 0 Å². The first kappa shape index (κ1) is 10.7. The van der Waals surface area contributed by atoms with Crippen LogP contribution in [-0.4, -0.2) is 44.8 Å². The van der Waals surface area contributed by atoms with Crippen LogP contribution in [0.15, 0.2) is 12.4 Å². The molecule has 0 radical (unpaired) electrons. The topological polar surface area (TPSA) is 75.4 Å². The van der Waals surface area contributed by atoms with Crippen LogP contribution in [0.25, 0.3) is 0 Å². The Hall–Kier alpha value is -1.85. The van der Waals surface area contributed by atoms with E-state index in [9.17, 15) is 9.59 Å². The van der Waals surface area contributed by atoms with Gasteiger partial charge in [-0.2, -0.15) is 5.10 Å². The Bertz CT molecular complexity index is 427. The number of carbonyl (C=O) groups excluding carboxylic acids is 1. The van der Waals surface area contributed by atoms with Crippen molar-refractivity contribution >= 4 is 11.9 Å². The van der Waals surface area contributed by atoms with Crippen molar-refractivity contribution in [3.8, 4) is 0 Å². The van der Waals surface area contributed by atoms with E-state index in [1.807, 2.05) is 0 Å². The van der Waals surface area contributed by atoms with Crippen LogP contribution in [0.1, 0.15) is 29.7 Å². The van der Waals surface area contributed by atoms with Gasteiger partial charge < -0.3 is 10.0 Å². The molecule has 1 N–H and O–H groups in total. The molecular weight excluding hydrogens is 210 g/mol. The number of likely N-dealkylation sites (tertiary alicyclic amines) is 1. The number of hydrogen-bond acceptors (Lipinski definition) is 3. The van der Waals surface area contributed by atoms with Crippen molar-refractivity contribution < 1.29 is 14.7 Å². The number of nitrogens with zero attached hydrogens (tertiary/aromatic N) is 3. The van der Waals surface area contributed by atoms with Crippen molar-refractivity contribution in [1.82, 2.24) is 14.7 Å². The number of hydrogen-bond donors (Lipinski definition) is 1. The van der Waals surface area contributed by atoms with Crippen LogP contribution in [-0.2, 0) is 4.79 Å². The highest BCUT2D eigenvalue weighted by Crippen LogP contribution is 2.21. The van der Waals surface area contributed by atoms with E-state index in [4.69, 9.17) is 5.11 Å². The highest BCUT2D eigenvalue weighted by atomic mass is 16.4. The maximum Gasteiger partial charge on any atom is 0.338 e. The summed E-state index contributed by atoms with van der Waals surface area (Å²) in [4.78, 5) is 23.6.